The molecule has 1 aromatic carbocycles. The smallest absolute Gasteiger partial charge is 0.137 e. The monoisotopic (exact) mass is 273 g/mol. The summed E-state index contributed by atoms with van der Waals surface area (Å²) in [6.45, 7) is 2.25. The molecular weight excluding hydrogens is 261 g/mol. The van der Waals surface area contributed by atoms with Gasteiger partial charge in [0.05, 0.1) is 10.6 Å². The van der Waals surface area contributed by atoms with E-state index in [9.17, 15) is 9.50 Å². The molecule has 1 saturated heterocycles. The quantitative estimate of drug-likeness (QED) is 0.893. The molecule has 1 aromatic rings. The van der Waals surface area contributed by atoms with Gasteiger partial charge in [-0.05, 0) is 34.0 Å². The molecule has 0 aromatic heterocycles. The van der Waals surface area contributed by atoms with Crippen molar-refractivity contribution < 1.29 is 9.50 Å². The van der Waals surface area contributed by atoms with E-state index in [1.807, 2.05) is 6.07 Å². The van der Waals surface area contributed by atoms with Crippen molar-refractivity contribution in [3.63, 3.8) is 0 Å². The van der Waals surface area contributed by atoms with Crippen molar-refractivity contribution in [3.05, 3.63) is 34.1 Å². The Balaban J connectivity index is 2.07. The summed E-state index contributed by atoms with van der Waals surface area (Å²) in [5.74, 6) is -0.229. The number of aliphatic hydroxyl groups excluding tert-OH is 1. The van der Waals surface area contributed by atoms with E-state index in [1.54, 1.807) is 6.07 Å². The highest BCUT2D eigenvalue weighted by Gasteiger charge is 2.20. The molecule has 0 saturated carbocycles. The van der Waals surface area contributed by atoms with Gasteiger partial charge in [-0.25, -0.2) is 4.39 Å². The Labute approximate surface area is 96.8 Å². The predicted molar refractivity (Wildman–Crippen MR) is 60.0 cm³/mol. The number of aliphatic hydroxyl groups is 1. The Bertz CT molecular complexity index is 358. The number of β-amino-alcohol motifs (C(OH)–C–C–N with tert-alkyl or cyclic N) is 1. The van der Waals surface area contributed by atoms with Gasteiger partial charge in [-0.1, -0.05) is 12.1 Å². The van der Waals surface area contributed by atoms with Gasteiger partial charge in [0, 0.05) is 19.6 Å². The third-order valence-corrected chi connectivity index (χ3v) is 3.56. The van der Waals surface area contributed by atoms with Gasteiger partial charge in [-0.3, -0.25) is 4.90 Å². The molecule has 15 heavy (non-hydrogen) atoms. The van der Waals surface area contributed by atoms with Crippen molar-refractivity contribution in [3.8, 4) is 0 Å². The van der Waals surface area contributed by atoms with E-state index in [0.29, 0.717) is 17.6 Å². The van der Waals surface area contributed by atoms with Gasteiger partial charge in [0.15, 0.2) is 0 Å². The van der Waals surface area contributed by atoms with E-state index in [1.165, 1.54) is 6.07 Å². The molecule has 0 radical (unpaired) electrons. The molecule has 1 heterocycles. The van der Waals surface area contributed by atoms with E-state index >= 15 is 0 Å². The van der Waals surface area contributed by atoms with Crippen molar-refractivity contribution >= 4 is 15.9 Å². The van der Waals surface area contributed by atoms with Crippen molar-refractivity contribution in [1.82, 2.24) is 4.90 Å². The van der Waals surface area contributed by atoms with Crippen LogP contribution in [-0.4, -0.2) is 29.2 Å². The molecule has 1 fully saturated rings. The fourth-order valence-electron chi connectivity index (χ4n) is 1.87. The number of nitrogens with zero attached hydrogens (tertiary/aromatic N) is 1. The van der Waals surface area contributed by atoms with Gasteiger partial charge in [0.1, 0.15) is 5.82 Å². The van der Waals surface area contributed by atoms with Crippen molar-refractivity contribution in [2.24, 2.45) is 0 Å². The minimum absolute atomic E-state index is 0.225. The summed E-state index contributed by atoms with van der Waals surface area (Å²) < 4.78 is 13.7. The second kappa shape index (κ2) is 4.60. The third-order valence-electron chi connectivity index (χ3n) is 2.67. The van der Waals surface area contributed by atoms with Crippen molar-refractivity contribution in [2.75, 3.05) is 13.1 Å². The maximum atomic E-state index is 13.2. The van der Waals surface area contributed by atoms with Crippen LogP contribution in [0.1, 0.15) is 12.0 Å². The topological polar surface area (TPSA) is 23.5 Å². The summed E-state index contributed by atoms with van der Waals surface area (Å²) in [6.07, 6.45) is 0.588. The fraction of sp³-hybridized carbons (Fsp3) is 0.455. The highest BCUT2D eigenvalue weighted by Crippen LogP contribution is 2.23. The van der Waals surface area contributed by atoms with Gasteiger partial charge in [0.2, 0.25) is 0 Å². The first-order valence-corrected chi connectivity index (χ1v) is 5.79. The van der Waals surface area contributed by atoms with E-state index in [2.05, 4.69) is 20.8 Å². The zero-order valence-electron chi connectivity index (χ0n) is 8.29. The zero-order valence-corrected chi connectivity index (χ0v) is 9.87. The number of rotatable bonds is 2. The summed E-state index contributed by atoms with van der Waals surface area (Å²) in [6, 6.07) is 5.05. The van der Waals surface area contributed by atoms with Crippen LogP contribution in [0.3, 0.4) is 0 Å². The van der Waals surface area contributed by atoms with Gasteiger partial charge in [-0.2, -0.15) is 0 Å². The average Bonchev–Trinajstić information content (AvgIpc) is 2.59. The normalized spacial score (nSPS) is 22.2. The van der Waals surface area contributed by atoms with Crippen LogP contribution in [0.4, 0.5) is 4.39 Å². The van der Waals surface area contributed by atoms with Crippen LogP contribution in [-0.2, 0) is 6.54 Å². The lowest BCUT2D eigenvalue weighted by Crippen LogP contribution is -2.21. The van der Waals surface area contributed by atoms with E-state index < -0.39 is 0 Å². The van der Waals surface area contributed by atoms with E-state index in [0.717, 1.165) is 18.5 Å². The van der Waals surface area contributed by atoms with Crippen molar-refractivity contribution in [1.29, 1.82) is 0 Å². The molecule has 4 heteroatoms. The third kappa shape index (κ3) is 2.56. The summed E-state index contributed by atoms with van der Waals surface area (Å²) in [5, 5.41) is 9.37. The molecule has 0 bridgehead atoms. The molecule has 2 rings (SSSR count). The van der Waals surface area contributed by atoms with Gasteiger partial charge in [-0.15, -0.1) is 0 Å². The number of hydrogen-bond acceptors (Lipinski definition) is 2. The van der Waals surface area contributed by atoms with Crippen LogP contribution in [0.15, 0.2) is 22.7 Å². The highest BCUT2D eigenvalue weighted by molar-refractivity contribution is 9.10. The van der Waals surface area contributed by atoms with Gasteiger partial charge in [0.25, 0.3) is 0 Å². The highest BCUT2D eigenvalue weighted by atomic mass is 79.9. The molecule has 1 atom stereocenters. The second-order valence-corrected chi connectivity index (χ2v) is 4.68. The Morgan fingerprint density at radius 2 is 2.33 bits per heavy atom. The number of likely N-dealkylation sites (tertiary alicyclic amines) is 1. The van der Waals surface area contributed by atoms with E-state index in [4.69, 9.17) is 0 Å². The first-order valence-electron chi connectivity index (χ1n) is 5.00. The van der Waals surface area contributed by atoms with Crippen molar-refractivity contribution in [2.45, 2.75) is 19.1 Å². The lowest BCUT2D eigenvalue weighted by molar-refractivity contribution is 0.174. The van der Waals surface area contributed by atoms with Gasteiger partial charge < -0.3 is 5.11 Å². The molecule has 0 aliphatic carbocycles. The number of halogens is 2. The largest absolute Gasteiger partial charge is 0.392 e. The van der Waals surface area contributed by atoms with Crippen LogP contribution in [0.5, 0.6) is 0 Å². The molecule has 1 N–H and O–H groups in total. The Kier molecular flexibility index (Phi) is 3.38. The first-order chi connectivity index (χ1) is 7.16. The molecule has 1 aliphatic rings. The summed E-state index contributed by atoms with van der Waals surface area (Å²) in [5.41, 5.74) is 0.934. The molecule has 1 aliphatic heterocycles. The molecule has 0 spiro atoms. The second-order valence-electron chi connectivity index (χ2n) is 3.89. The fourth-order valence-corrected chi connectivity index (χ4v) is 2.26. The number of hydrogen-bond donors (Lipinski definition) is 1. The van der Waals surface area contributed by atoms with Crippen LogP contribution in [0, 0.1) is 5.82 Å². The Morgan fingerprint density at radius 3 is 3.00 bits per heavy atom. The van der Waals surface area contributed by atoms with Crippen LogP contribution in [0.2, 0.25) is 0 Å². The molecule has 82 valence electrons. The molecule has 1 unspecified atom stereocenters. The summed E-state index contributed by atoms with van der Waals surface area (Å²) in [7, 11) is 0. The lowest BCUT2D eigenvalue weighted by atomic mass is 10.2. The average molecular weight is 274 g/mol. The first kappa shape index (κ1) is 11.0. The standard InChI is InChI=1S/C11H13BrFNO/c12-11-8(2-1-3-10(11)13)6-14-5-4-9(15)7-14/h1-3,9,15H,4-7H2. The SMILES string of the molecule is OC1CCN(Cc2cccc(F)c2Br)C1. The molecular formula is C11H13BrFNO. The van der Waals surface area contributed by atoms with Crippen LogP contribution >= 0.6 is 15.9 Å². The zero-order chi connectivity index (χ0) is 10.8. The Hall–Kier alpha value is -0.450. The van der Waals surface area contributed by atoms with E-state index in [-0.39, 0.29) is 11.9 Å². The minimum atomic E-state index is -0.229. The summed E-state index contributed by atoms with van der Waals surface area (Å²) >= 11 is 3.24. The van der Waals surface area contributed by atoms with Crippen LogP contribution in [0.25, 0.3) is 0 Å². The van der Waals surface area contributed by atoms with Gasteiger partial charge >= 0.3 is 0 Å². The van der Waals surface area contributed by atoms with Crippen LogP contribution < -0.4 is 0 Å². The molecule has 2 nitrogen and oxygen atoms in total. The molecule has 0 amide bonds. The summed E-state index contributed by atoms with van der Waals surface area (Å²) in [4.78, 5) is 2.13. The predicted octanol–water partition coefficient (Wildman–Crippen LogP) is 2.15. The maximum Gasteiger partial charge on any atom is 0.137 e. The maximum absolute atomic E-state index is 13.2. The minimum Gasteiger partial charge on any atom is -0.392 e. The Morgan fingerprint density at radius 1 is 1.53 bits per heavy atom. The lowest BCUT2D eigenvalue weighted by Gasteiger charge is -2.15. The number of benzene rings is 1.